The van der Waals surface area contributed by atoms with Gasteiger partial charge in [0.25, 0.3) is 11.6 Å². The van der Waals surface area contributed by atoms with Crippen LogP contribution in [0.25, 0.3) is 0 Å². The Kier molecular flexibility index (Phi) is 3.98. The maximum Gasteiger partial charge on any atom is 0.325 e. The third kappa shape index (κ3) is 3.03. The maximum atomic E-state index is 11.6. The Hall–Kier alpha value is -2.44. The monoisotopic (exact) mass is 252 g/mol. The average molecular weight is 252 g/mol. The fourth-order valence-electron chi connectivity index (χ4n) is 1.34. The minimum absolute atomic E-state index is 0.0853. The van der Waals surface area contributed by atoms with Crippen molar-refractivity contribution in [2.45, 2.75) is 19.9 Å². The van der Waals surface area contributed by atoms with Crippen molar-refractivity contribution in [2.75, 3.05) is 0 Å². The molecule has 0 aromatic heterocycles. The van der Waals surface area contributed by atoms with Crippen molar-refractivity contribution >= 4 is 17.6 Å². The van der Waals surface area contributed by atoms with Gasteiger partial charge >= 0.3 is 5.97 Å². The van der Waals surface area contributed by atoms with Crippen LogP contribution in [0.15, 0.2) is 18.2 Å². The topological polar surface area (TPSA) is 110 Å². The first-order chi connectivity index (χ1) is 8.32. The average Bonchev–Trinajstić information content (AvgIpc) is 2.27. The van der Waals surface area contributed by atoms with E-state index < -0.39 is 22.8 Å². The Bertz CT molecular complexity index is 512. The summed E-state index contributed by atoms with van der Waals surface area (Å²) in [6, 6.07) is 2.83. The van der Waals surface area contributed by atoms with Gasteiger partial charge in [0, 0.05) is 17.2 Å². The maximum absolute atomic E-state index is 11.6. The molecule has 0 aliphatic rings. The zero-order valence-electron chi connectivity index (χ0n) is 9.84. The summed E-state index contributed by atoms with van der Waals surface area (Å²) < 4.78 is 0. The van der Waals surface area contributed by atoms with Gasteiger partial charge in [0.05, 0.1) is 4.92 Å². The van der Waals surface area contributed by atoms with Gasteiger partial charge in [-0.05, 0) is 26.0 Å². The molecule has 1 aromatic carbocycles. The van der Waals surface area contributed by atoms with E-state index in [1.165, 1.54) is 32.0 Å². The second-order valence-electron chi connectivity index (χ2n) is 3.79. The van der Waals surface area contributed by atoms with E-state index in [0.717, 1.165) is 0 Å². The van der Waals surface area contributed by atoms with E-state index in [0.29, 0.717) is 5.56 Å². The predicted molar refractivity (Wildman–Crippen MR) is 62.4 cm³/mol. The first-order valence-corrected chi connectivity index (χ1v) is 5.11. The van der Waals surface area contributed by atoms with Crippen LogP contribution in [-0.2, 0) is 4.79 Å². The van der Waals surface area contributed by atoms with Gasteiger partial charge in [0.15, 0.2) is 0 Å². The van der Waals surface area contributed by atoms with E-state index in [1.54, 1.807) is 0 Å². The zero-order valence-corrected chi connectivity index (χ0v) is 9.84. The van der Waals surface area contributed by atoms with Crippen LogP contribution >= 0.6 is 0 Å². The van der Waals surface area contributed by atoms with Crippen molar-refractivity contribution in [1.29, 1.82) is 0 Å². The number of rotatable bonds is 4. The number of carboxylic acids is 1. The minimum atomic E-state index is -1.15. The van der Waals surface area contributed by atoms with Crippen molar-refractivity contribution in [1.82, 2.24) is 5.32 Å². The lowest BCUT2D eigenvalue weighted by molar-refractivity contribution is -0.385. The van der Waals surface area contributed by atoms with E-state index >= 15 is 0 Å². The van der Waals surface area contributed by atoms with Crippen molar-refractivity contribution < 1.29 is 19.6 Å². The van der Waals surface area contributed by atoms with Crippen LogP contribution in [0.2, 0.25) is 0 Å². The van der Waals surface area contributed by atoms with Gasteiger partial charge in [-0.1, -0.05) is 0 Å². The van der Waals surface area contributed by atoms with Gasteiger partial charge in [-0.25, -0.2) is 0 Å². The summed E-state index contributed by atoms with van der Waals surface area (Å²) in [5, 5.41) is 21.5. The summed E-state index contributed by atoms with van der Waals surface area (Å²) in [5.74, 6) is -1.73. The lowest BCUT2D eigenvalue weighted by Gasteiger charge is -2.09. The summed E-state index contributed by atoms with van der Waals surface area (Å²) in [4.78, 5) is 32.3. The van der Waals surface area contributed by atoms with E-state index in [1.807, 2.05) is 0 Å². The predicted octanol–water partition coefficient (Wildman–Crippen LogP) is 1.11. The molecule has 0 saturated carbocycles. The number of nitro benzene ring substituents is 1. The highest BCUT2D eigenvalue weighted by molar-refractivity contribution is 5.96. The Morgan fingerprint density at radius 3 is 2.50 bits per heavy atom. The summed E-state index contributed by atoms with van der Waals surface area (Å²) in [6.07, 6.45) is 0. The van der Waals surface area contributed by atoms with Crippen LogP contribution in [-0.4, -0.2) is 27.9 Å². The number of hydrogen-bond donors (Lipinski definition) is 2. The fraction of sp³-hybridized carbons (Fsp3) is 0.273. The molecular formula is C11H12N2O5. The Balaban J connectivity index is 2.91. The number of aryl methyl sites for hydroxylation is 1. The van der Waals surface area contributed by atoms with Gasteiger partial charge in [-0.2, -0.15) is 0 Å². The normalized spacial score (nSPS) is 11.7. The molecular weight excluding hydrogens is 240 g/mol. The van der Waals surface area contributed by atoms with Crippen LogP contribution < -0.4 is 5.32 Å². The van der Waals surface area contributed by atoms with Gasteiger partial charge in [0.1, 0.15) is 6.04 Å². The Morgan fingerprint density at radius 1 is 1.44 bits per heavy atom. The summed E-state index contributed by atoms with van der Waals surface area (Å²) in [7, 11) is 0. The molecule has 1 aromatic rings. The highest BCUT2D eigenvalue weighted by Crippen LogP contribution is 2.18. The Labute approximate surface area is 103 Å². The molecule has 2 N–H and O–H groups in total. The molecule has 18 heavy (non-hydrogen) atoms. The molecule has 1 rings (SSSR count). The number of hydrogen-bond acceptors (Lipinski definition) is 4. The standard InChI is InChI=1S/C11H12N2O5/c1-6-5-8(3-4-9(6)13(17)18)10(14)12-7(2)11(15)16/h3-5,7H,1-2H3,(H,12,14)(H,15,16)/t7-/m0/s1. The lowest BCUT2D eigenvalue weighted by Crippen LogP contribution is -2.38. The lowest BCUT2D eigenvalue weighted by atomic mass is 10.1. The van der Waals surface area contributed by atoms with Crippen molar-refractivity contribution in [3.05, 3.63) is 39.4 Å². The first kappa shape index (κ1) is 13.6. The molecule has 0 fully saturated rings. The smallest absolute Gasteiger partial charge is 0.325 e. The summed E-state index contributed by atoms with van der Waals surface area (Å²) >= 11 is 0. The molecule has 0 heterocycles. The van der Waals surface area contributed by atoms with Gasteiger partial charge in [0.2, 0.25) is 0 Å². The van der Waals surface area contributed by atoms with E-state index in [2.05, 4.69) is 5.32 Å². The van der Waals surface area contributed by atoms with Gasteiger partial charge in [-0.3, -0.25) is 19.7 Å². The quantitative estimate of drug-likeness (QED) is 0.616. The molecule has 0 radical (unpaired) electrons. The van der Waals surface area contributed by atoms with Crippen LogP contribution in [0.4, 0.5) is 5.69 Å². The number of nitro groups is 1. The molecule has 1 amide bonds. The van der Waals surface area contributed by atoms with E-state index in [9.17, 15) is 19.7 Å². The van der Waals surface area contributed by atoms with Crippen molar-refractivity contribution in [3.63, 3.8) is 0 Å². The molecule has 0 spiro atoms. The largest absolute Gasteiger partial charge is 0.480 e. The molecule has 0 aliphatic carbocycles. The van der Waals surface area contributed by atoms with Crippen LogP contribution in [0.5, 0.6) is 0 Å². The van der Waals surface area contributed by atoms with Gasteiger partial charge in [-0.15, -0.1) is 0 Å². The molecule has 0 aliphatic heterocycles. The highest BCUT2D eigenvalue weighted by Gasteiger charge is 2.17. The second kappa shape index (κ2) is 5.26. The Morgan fingerprint density at radius 2 is 2.06 bits per heavy atom. The molecule has 96 valence electrons. The third-order valence-corrected chi connectivity index (χ3v) is 2.37. The van der Waals surface area contributed by atoms with E-state index in [-0.39, 0.29) is 11.3 Å². The van der Waals surface area contributed by atoms with Crippen LogP contribution in [0, 0.1) is 17.0 Å². The number of nitrogens with one attached hydrogen (secondary N) is 1. The minimum Gasteiger partial charge on any atom is -0.480 e. The number of aliphatic carboxylic acids is 1. The SMILES string of the molecule is Cc1cc(C(=O)N[C@@H](C)C(=O)O)ccc1[N+](=O)[O-]. The third-order valence-electron chi connectivity index (χ3n) is 2.37. The van der Waals surface area contributed by atoms with Crippen LogP contribution in [0.3, 0.4) is 0 Å². The molecule has 0 bridgehead atoms. The fourth-order valence-corrected chi connectivity index (χ4v) is 1.34. The number of carbonyl (C=O) groups excluding carboxylic acids is 1. The molecule has 7 nitrogen and oxygen atoms in total. The van der Waals surface area contributed by atoms with Crippen molar-refractivity contribution in [3.8, 4) is 0 Å². The molecule has 1 atom stereocenters. The number of amides is 1. The number of nitrogens with zero attached hydrogens (tertiary/aromatic N) is 1. The molecule has 0 unspecified atom stereocenters. The summed E-state index contributed by atoms with van der Waals surface area (Å²) in [6.45, 7) is 2.84. The first-order valence-electron chi connectivity index (χ1n) is 5.11. The summed E-state index contributed by atoms with van der Waals surface area (Å²) in [5.41, 5.74) is 0.444. The van der Waals surface area contributed by atoms with Crippen molar-refractivity contribution in [2.24, 2.45) is 0 Å². The zero-order chi connectivity index (χ0) is 13.9. The van der Waals surface area contributed by atoms with E-state index in [4.69, 9.17) is 5.11 Å². The number of carbonyl (C=O) groups is 2. The number of carboxylic acid groups (broad SMARTS) is 1. The second-order valence-corrected chi connectivity index (χ2v) is 3.79. The molecule has 7 heteroatoms. The molecule has 0 saturated heterocycles. The van der Waals surface area contributed by atoms with Gasteiger partial charge < -0.3 is 10.4 Å². The highest BCUT2D eigenvalue weighted by atomic mass is 16.6. The van der Waals surface area contributed by atoms with Crippen LogP contribution in [0.1, 0.15) is 22.8 Å². The number of benzene rings is 1.